The van der Waals surface area contributed by atoms with E-state index < -0.39 is 9.84 Å². The van der Waals surface area contributed by atoms with Crippen LogP contribution in [0.15, 0.2) is 47.8 Å². The fraction of sp³-hybridized carbons (Fsp3) is 0.250. The van der Waals surface area contributed by atoms with Crippen LogP contribution in [0.1, 0.15) is 35.4 Å². The number of nitrogens with zero attached hydrogens (tertiary/aromatic N) is 3. The van der Waals surface area contributed by atoms with Crippen molar-refractivity contribution in [2.45, 2.75) is 26.3 Å². The molecule has 3 aromatic heterocycles. The van der Waals surface area contributed by atoms with E-state index in [0.29, 0.717) is 45.8 Å². The predicted octanol–water partition coefficient (Wildman–Crippen LogP) is 4.04. The second kappa shape index (κ2) is 8.90. The molecule has 5 rings (SSSR count). The lowest BCUT2D eigenvalue weighted by Gasteiger charge is -2.12. The third kappa shape index (κ3) is 4.69. The van der Waals surface area contributed by atoms with Gasteiger partial charge in [-0.2, -0.15) is 5.10 Å². The van der Waals surface area contributed by atoms with Crippen LogP contribution in [-0.4, -0.2) is 46.5 Å². The number of pyridine rings is 1. The van der Waals surface area contributed by atoms with E-state index in [1.54, 1.807) is 41.9 Å². The van der Waals surface area contributed by atoms with Gasteiger partial charge in [-0.25, -0.2) is 18.1 Å². The maximum Gasteiger partial charge on any atom is 0.256 e. The molecule has 1 atom stereocenters. The van der Waals surface area contributed by atoms with Gasteiger partial charge in [0.05, 0.1) is 44.8 Å². The van der Waals surface area contributed by atoms with Gasteiger partial charge in [0.15, 0.2) is 15.5 Å². The summed E-state index contributed by atoms with van der Waals surface area (Å²) in [5, 5.41) is 12.8. The number of anilines is 2. The van der Waals surface area contributed by atoms with Crippen molar-refractivity contribution in [1.29, 1.82) is 0 Å². The Bertz CT molecular complexity index is 1540. The van der Waals surface area contributed by atoms with Crippen molar-refractivity contribution >= 4 is 55.4 Å². The first-order chi connectivity index (χ1) is 16.7. The van der Waals surface area contributed by atoms with E-state index in [-0.39, 0.29) is 29.4 Å². The first-order valence-corrected chi connectivity index (χ1v) is 13.7. The van der Waals surface area contributed by atoms with Crippen LogP contribution >= 0.6 is 11.3 Å². The minimum Gasteiger partial charge on any atom is -0.326 e. The van der Waals surface area contributed by atoms with E-state index in [4.69, 9.17) is 4.98 Å². The van der Waals surface area contributed by atoms with Crippen LogP contribution in [0.3, 0.4) is 0 Å². The standard InChI is InChI=1S/C24H23N5O4S2/c1-14-22-19(24(31)26-17-7-5-16(6-8-17)25-15(2)30)12-20(21-4-3-10-34-21)27-23(22)29(28-14)18-9-11-35(32,33)13-18/h3-8,10,12,18H,9,11,13H2,1-2H3,(H,25,30)(H,26,31). The van der Waals surface area contributed by atoms with Crippen molar-refractivity contribution in [3.05, 3.63) is 59.1 Å². The molecule has 1 aliphatic rings. The number of carbonyl (C=O) groups is 2. The number of carbonyl (C=O) groups excluding carboxylic acids is 2. The number of benzene rings is 1. The van der Waals surface area contributed by atoms with Gasteiger partial charge in [-0.05, 0) is 55.1 Å². The molecule has 2 N–H and O–H groups in total. The summed E-state index contributed by atoms with van der Waals surface area (Å²) in [7, 11) is -3.13. The summed E-state index contributed by atoms with van der Waals surface area (Å²) in [5.41, 5.74) is 3.35. The Morgan fingerprint density at radius 1 is 1.11 bits per heavy atom. The van der Waals surface area contributed by atoms with Gasteiger partial charge in [-0.15, -0.1) is 11.3 Å². The summed E-state index contributed by atoms with van der Waals surface area (Å²) in [5.74, 6) is -0.380. The summed E-state index contributed by atoms with van der Waals surface area (Å²) < 4.78 is 25.9. The molecule has 2 amide bonds. The number of fused-ring (bicyclic) bond motifs is 1. The number of sulfone groups is 1. The van der Waals surface area contributed by atoms with Crippen molar-refractivity contribution in [3.8, 4) is 10.6 Å². The Morgan fingerprint density at radius 3 is 2.43 bits per heavy atom. The SMILES string of the molecule is CC(=O)Nc1ccc(NC(=O)c2cc(-c3cccs3)nc3c2c(C)nn3C2CCS(=O)(=O)C2)cc1. The lowest BCUT2D eigenvalue weighted by atomic mass is 10.1. The summed E-state index contributed by atoms with van der Waals surface area (Å²) in [6.07, 6.45) is 0.464. The minimum absolute atomic E-state index is 0.0102. The highest BCUT2D eigenvalue weighted by Gasteiger charge is 2.32. The van der Waals surface area contributed by atoms with Crippen molar-refractivity contribution in [2.75, 3.05) is 22.1 Å². The molecule has 4 heterocycles. The summed E-state index contributed by atoms with van der Waals surface area (Å²) in [6.45, 7) is 3.23. The molecule has 0 radical (unpaired) electrons. The molecule has 0 spiro atoms. The predicted molar refractivity (Wildman–Crippen MR) is 137 cm³/mol. The number of rotatable bonds is 5. The zero-order valence-corrected chi connectivity index (χ0v) is 20.7. The van der Waals surface area contributed by atoms with E-state index in [9.17, 15) is 18.0 Å². The maximum atomic E-state index is 13.5. The van der Waals surface area contributed by atoms with Gasteiger partial charge in [-0.1, -0.05) is 6.07 Å². The third-order valence-electron chi connectivity index (χ3n) is 5.87. The average Bonchev–Trinajstić information content (AvgIpc) is 3.53. The molecular weight excluding hydrogens is 486 g/mol. The number of hydrogen-bond donors (Lipinski definition) is 2. The highest BCUT2D eigenvalue weighted by atomic mass is 32.2. The molecule has 0 aliphatic carbocycles. The normalized spacial score (nSPS) is 16.9. The highest BCUT2D eigenvalue weighted by Crippen LogP contribution is 2.33. The van der Waals surface area contributed by atoms with Gasteiger partial charge in [0, 0.05) is 18.3 Å². The number of aromatic nitrogens is 3. The second-order valence-electron chi connectivity index (χ2n) is 8.53. The Balaban J connectivity index is 1.57. The second-order valence-corrected chi connectivity index (χ2v) is 11.7. The number of aryl methyl sites for hydroxylation is 1. The maximum absolute atomic E-state index is 13.5. The Morgan fingerprint density at radius 2 is 1.83 bits per heavy atom. The van der Waals surface area contributed by atoms with Crippen molar-refractivity contribution in [2.24, 2.45) is 0 Å². The Kier molecular flexibility index (Phi) is 5.89. The molecule has 35 heavy (non-hydrogen) atoms. The summed E-state index contributed by atoms with van der Waals surface area (Å²) >= 11 is 1.51. The molecular formula is C24H23N5O4S2. The topological polar surface area (TPSA) is 123 Å². The molecule has 1 unspecified atom stereocenters. The van der Waals surface area contributed by atoms with Crippen LogP contribution in [0.4, 0.5) is 11.4 Å². The Hall–Kier alpha value is -3.57. The molecule has 11 heteroatoms. The molecule has 1 aliphatic heterocycles. The summed E-state index contributed by atoms with van der Waals surface area (Å²) in [6, 6.07) is 12.1. The van der Waals surface area contributed by atoms with Gasteiger partial charge in [0.2, 0.25) is 5.91 Å². The van der Waals surface area contributed by atoms with Gasteiger partial charge >= 0.3 is 0 Å². The van der Waals surface area contributed by atoms with Crippen molar-refractivity contribution < 1.29 is 18.0 Å². The first kappa shape index (κ1) is 23.2. The van der Waals surface area contributed by atoms with E-state index >= 15 is 0 Å². The average molecular weight is 510 g/mol. The minimum atomic E-state index is -3.13. The number of amides is 2. The zero-order chi connectivity index (χ0) is 24.7. The van der Waals surface area contributed by atoms with Gasteiger partial charge in [-0.3, -0.25) is 9.59 Å². The van der Waals surface area contributed by atoms with Crippen LogP contribution in [-0.2, 0) is 14.6 Å². The smallest absolute Gasteiger partial charge is 0.256 e. The van der Waals surface area contributed by atoms with E-state index in [1.165, 1.54) is 18.3 Å². The van der Waals surface area contributed by atoms with Crippen LogP contribution in [0.2, 0.25) is 0 Å². The monoisotopic (exact) mass is 509 g/mol. The van der Waals surface area contributed by atoms with Crippen molar-refractivity contribution in [1.82, 2.24) is 14.8 Å². The molecule has 4 aromatic rings. The summed E-state index contributed by atoms with van der Waals surface area (Å²) in [4.78, 5) is 30.4. The quantitative estimate of drug-likeness (QED) is 0.419. The number of nitrogens with one attached hydrogen (secondary N) is 2. The lowest BCUT2D eigenvalue weighted by molar-refractivity contribution is -0.114. The van der Waals surface area contributed by atoms with Crippen molar-refractivity contribution in [3.63, 3.8) is 0 Å². The molecule has 1 saturated heterocycles. The van der Waals surface area contributed by atoms with Gasteiger partial charge < -0.3 is 10.6 Å². The third-order valence-corrected chi connectivity index (χ3v) is 8.52. The number of thiophene rings is 1. The molecule has 0 saturated carbocycles. The van der Waals surface area contributed by atoms with Gasteiger partial charge in [0.25, 0.3) is 5.91 Å². The largest absolute Gasteiger partial charge is 0.326 e. The first-order valence-electron chi connectivity index (χ1n) is 11.0. The van der Waals surface area contributed by atoms with Crippen LogP contribution in [0, 0.1) is 6.92 Å². The van der Waals surface area contributed by atoms with Crippen LogP contribution in [0.5, 0.6) is 0 Å². The fourth-order valence-corrected chi connectivity index (χ4v) is 6.68. The highest BCUT2D eigenvalue weighted by molar-refractivity contribution is 7.91. The zero-order valence-electron chi connectivity index (χ0n) is 19.1. The molecule has 1 fully saturated rings. The fourth-order valence-electron chi connectivity index (χ4n) is 4.30. The van der Waals surface area contributed by atoms with E-state index in [1.807, 2.05) is 17.5 Å². The molecule has 0 bridgehead atoms. The molecule has 9 nitrogen and oxygen atoms in total. The number of hydrogen-bond acceptors (Lipinski definition) is 7. The molecule has 180 valence electrons. The molecule has 1 aromatic carbocycles. The van der Waals surface area contributed by atoms with Crippen LogP contribution < -0.4 is 10.6 Å². The van der Waals surface area contributed by atoms with E-state index in [0.717, 1.165) is 4.88 Å². The van der Waals surface area contributed by atoms with Crippen LogP contribution in [0.25, 0.3) is 21.6 Å². The van der Waals surface area contributed by atoms with Gasteiger partial charge in [0.1, 0.15) is 0 Å². The Labute approximate surface area is 206 Å². The van der Waals surface area contributed by atoms with E-state index in [2.05, 4.69) is 15.7 Å². The lowest BCUT2D eigenvalue weighted by Crippen LogP contribution is -2.15.